The molecule has 9 heteroatoms. The molecule has 0 radical (unpaired) electrons. The van der Waals surface area contributed by atoms with Crippen molar-refractivity contribution in [1.82, 2.24) is 0 Å². The number of hydrazone groups is 1. The number of hydrogen-bond donors (Lipinski definition) is 1. The molecule has 0 aliphatic carbocycles. The predicted octanol–water partition coefficient (Wildman–Crippen LogP) is 4.83. The van der Waals surface area contributed by atoms with E-state index in [1.807, 2.05) is 0 Å². The molecule has 0 aliphatic heterocycles. The molecule has 2 aromatic rings. The van der Waals surface area contributed by atoms with E-state index in [1.54, 1.807) is 12.1 Å². The molecule has 1 N–H and O–H groups in total. The summed E-state index contributed by atoms with van der Waals surface area (Å²) in [6.45, 7) is 0. The first-order valence-corrected chi connectivity index (χ1v) is 7.63. The maximum Gasteiger partial charge on any atom is 0.416 e. The van der Waals surface area contributed by atoms with Crippen LogP contribution in [-0.2, 0) is 6.18 Å². The Bertz CT molecular complexity index is 785. The van der Waals surface area contributed by atoms with Gasteiger partial charge in [0, 0.05) is 5.56 Å². The van der Waals surface area contributed by atoms with Crippen molar-refractivity contribution in [3.63, 3.8) is 0 Å². The van der Waals surface area contributed by atoms with Crippen molar-refractivity contribution in [2.45, 2.75) is 6.18 Å². The number of methoxy groups -OCH3 is 3. The number of ether oxygens (including phenoxy) is 3. The SMILES string of the molecule is COc1cc(C=NNc2cc(C(F)(F)F)ccc2Cl)cc(OC)c1OC. The Kier molecular flexibility index (Phi) is 6.20. The van der Waals surface area contributed by atoms with Crippen LogP contribution in [0.3, 0.4) is 0 Å². The van der Waals surface area contributed by atoms with Gasteiger partial charge in [-0.3, -0.25) is 5.43 Å². The van der Waals surface area contributed by atoms with Gasteiger partial charge in [-0.1, -0.05) is 11.6 Å². The first-order chi connectivity index (χ1) is 12.3. The van der Waals surface area contributed by atoms with Gasteiger partial charge in [-0.05, 0) is 30.3 Å². The molecule has 0 heterocycles. The highest BCUT2D eigenvalue weighted by molar-refractivity contribution is 6.33. The van der Waals surface area contributed by atoms with Crippen LogP contribution in [0.5, 0.6) is 17.2 Å². The highest BCUT2D eigenvalue weighted by atomic mass is 35.5. The fourth-order valence-corrected chi connectivity index (χ4v) is 2.30. The summed E-state index contributed by atoms with van der Waals surface area (Å²) in [5.41, 5.74) is 2.29. The number of nitrogens with zero attached hydrogens (tertiary/aromatic N) is 1. The lowest BCUT2D eigenvalue weighted by atomic mass is 10.2. The summed E-state index contributed by atoms with van der Waals surface area (Å²) in [4.78, 5) is 0. The topological polar surface area (TPSA) is 52.1 Å². The summed E-state index contributed by atoms with van der Waals surface area (Å²) in [6, 6.07) is 6.22. The van der Waals surface area contributed by atoms with Crippen molar-refractivity contribution >= 4 is 23.5 Å². The molecule has 0 fully saturated rings. The van der Waals surface area contributed by atoms with Crippen molar-refractivity contribution in [3.05, 3.63) is 46.5 Å². The molecule has 0 aliphatic rings. The maximum absolute atomic E-state index is 12.8. The Morgan fingerprint density at radius 2 is 1.62 bits per heavy atom. The normalized spacial score (nSPS) is 11.5. The van der Waals surface area contributed by atoms with Gasteiger partial charge in [0.2, 0.25) is 5.75 Å². The second-order valence-corrected chi connectivity index (χ2v) is 5.43. The molecule has 2 aromatic carbocycles. The van der Waals surface area contributed by atoms with Crippen LogP contribution in [0, 0.1) is 0 Å². The van der Waals surface area contributed by atoms with Gasteiger partial charge >= 0.3 is 6.18 Å². The van der Waals surface area contributed by atoms with E-state index < -0.39 is 11.7 Å². The molecule has 0 amide bonds. The van der Waals surface area contributed by atoms with E-state index in [9.17, 15) is 13.2 Å². The van der Waals surface area contributed by atoms with E-state index in [4.69, 9.17) is 25.8 Å². The molecule has 2 rings (SSSR count). The number of alkyl halides is 3. The second kappa shape index (κ2) is 8.18. The van der Waals surface area contributed by atoms with Crippen LogP contribution in [0.25, 0.3) is 0 Å². The van der Waals surface area contributed by atoms with Crippen LogP contribution in [-0.4, -0.2) is 27.5 Å². The van der Waals surface area contributed by atoms with Gasteiger partial charge in [-0.15, -0.1) is 0 Å². The van der Waals surface area contributed by atoms with E-state index in [-0.39, 0.29) is 10.7 Å². The Balaban J connectivity index is 2.26. The predicted molar refractivity (Wildman–Crippen MR) is 93.8 cm³/mol. The van der Waals surface area contributed by atoms with Crippen LogP contribution >= 0.6 is 11.6 Å². The van der Waals surface area contributed by atoms with Crippen LogP contribution in [0.2, 0.25) is 5.02 Å². The van der Waals surface area contributed by atoms with Crippen molar-refractivity contribution in [2.75, 3.05) is 26.8 Å². The van der Waals surface area contributed by atoms with E-state index in [0.29, 0.717) is 22.8 Å². The molecule has 0 bridgehead atoms. The van der Waals surface area contributed by atoms with Crippen LogP contribution < -0.4 is 19.6 Å². The summed E-state index contributed by atoms with van der Waals surface area (Å²) in [5, 5.41) is 4.03. The zero-order valence-electron chi connectivity index (χ0n) is 14.1. The minimum atomic E-state index is -4.47. The molecule has 0 saturated heterocycles. The molecular weight excluding hydrogens is 373 g/mol. The third kappa shape index (κ3) is 4.51. The highest BCUT2D eigenvalue weighted by Gasteiger charge is 2.30. The maximum atomic E-state index is 12.8. The van der Waals surface area contributed by atoms with Crippen molar-refractivity contribution in [3.8, 4) is 17.2 Å². The lowest BCUT2D eigenvalue weighted by Crippen LogP contribution is -2.05. The average Bonchev–Trinajstić information content (AvgIpc) is 2.61. The molecule has 0 unspecified atom stereocenters. The molecule has 0 saturated carbocycles. The lowest BCUT2D eigenvalue weighted by Gasteiger charge is -2.12. The smallest absolute Gasteiger partial charge is 0.416 e. The fraction of sp³-hybridized carbons (Fsp3) is 0.235. The van der Waals surface area contributed by atoms with Gasteiger partial charge in [0.15, 0.2) is 11.5 Å². The molecule has 140 valence electrons. The summed E-state index contributed by atoms with van der Waals surface area (Å²) >= 11 is 5.90. The number of benzene rings is 2. The van der Waals surface area contributed by atoms with Crippen molar-refractivity contribution in [2.24, 2.45) is 5.10 Å². The van der Waals surface area contributed by atoms with E-state index in [1.165, 1.54) is 27.5 Å². The summed E-state index contributed by atoms with van der Waals surface area (Å²) in [7, 11) is 4.42. The van der Waals surface area contributed by atoms with Gasteiger partial charge in [0.1, 0.15) is 0 Å². The number of hydrogen-bond acceptors (Lipinski definition) is 5. The van der Waals surface area contributed by atoms with Crippen molar-refractivity contribution in [1.29, 1.82) is 0 Å². The molecule has 5 nitrogen and oxygen atoms in total. The molecule has 0 aromatic heterocycles. The third-order valence-corrected chi connectivity index (χ3v) is 3.71. The second-order valence-electron chi connectivity index (χ2n) is 5.02. The first kappa shape index (κ1) is 19.7. The van der Waals surface area contributed by atoms with Gasteiger partial charge in [-0.25, -0.2) is 0 Å². The largest absolute Gasteiger partial charge is 0.493 e. The van der Waals surface area contributed by atoms with Gasteiger partial charge in [0.05, 0.1) is 43.8 Å². The quantitative estimate of drug-likeness (QED) is 0.569. The molecular formula is C17H16ClF3N2O3. The van der Waals surface area contributed by atoms with Crippen LogP contribution in [0.15, 0.2) is 35.4 Å². The van der Waals surface area contributed by atoms with Gasteiger partial charge in [0.25, 0.3) is 0 Å². The van der Waals surface area contributed by atoms with Gasteiger partial charge < -0.3 is 14.2 Å². The number of rotatable bonds is 6. The Morgan fingerprint density at radius 1 is 1.00 bits per heavy atom. The Morgan fingerprint density at radius 3 is 2.12 bits per heavy atom. The zero-order valence-corrected chi connectivity index (χ0v) is 14.9. The summed E-state index contributed by atoms with van der Waals surface area (Å²) in [5.74, 6) is 1.26. The molecule has 26 heavy (non-hydrogen) atoms. The van der Waals surface area contributed by atoms with Crippen molar-refractivity contribution < 1.29 is 27.4 Å². The minimum absolute atomic E-state index is 0.0326. The lowest BCUT2D eigenvalue weighted by molar-refractivity contribution is -0.137. The standard InChI is InChI=1S/C17H16ClF3N2O3/c1-24-14-6-10(7-15(25-2)16(14)26-3)9-22-23-13-8-11(17(19,20)21)4-5-12(13)18/h4-9,23H,1-3H3. The highest BCUT2D eigenvalue weighted by Crippen LogP contribution is 2.38. The minimum Gasteiger partial charge on any atom is -0.493 e. The van der Waals surface area contributed by atoms with Crippen LogP contribution in [0.1, 0.15) is 11.1 Å². The van der Waals surface area contributed by atoms with Crippen LogP contribution in [0.4, 0.5) is 18.9 Å². The third-order valence-electron chi connectivity index (χ3n) is 3.38. The number of anilines is 1. The zero-order chi connectivity index (χ0) is 19.3. The average molecular weight is 389 g/mol. The fourth-order valence-electron chi connectivity index (χ4n) is 2.14. The Labute approximate surface area is 153 Å². The van der Waals surface area contributed by atoms with E-state index >= 15 is 0 Å². The summed E-state index contributed by atoms with van der Waals surface area (Å²) < 4.78 is 54.0. The van der Waals surface area contributed by atoms with E-state index in [2.05, 4.69) is 10.5 Å². The van der Waals surface area contributed by atoms with Gasteiger partial charge in [-0.2, -0.15) is 18.3 Å². The number of nitrogens with one attached hydrogen (secondary N) is 1. The first-order valence-electron chi connectivity index (χ1n) is 7.26. The van der Waals surface area contributed by atoms with E-state index in [0.717, 1.165) is 18.2 Å². The number of halogens is 4. The summed E-state index contributed by atoms with van der Waals surface area (Å²) in [6.07, 6.45) is -3.08. The Hall–Kier alpha value is -2.61. The monoisotopic (exact) mass is 388 g/mol. The molecule has 0 atom stereocenters. The molecule has 0 spiro atoms.